The number of nitrogens with one attached hydrogen (secondary N) is 2. The first-order valence-corrected chi connectivity index (χ1v) is 7.16. The van der Waals surface area contributed by atoms with Crippen LogP contribution in [0.3, 0.4) is 0 Å². The summed E-state index contributed by atoms with van der Waals surface area (Å²) >= 11 is 5.86. The van der Waals surface area contributed by atoms with Crippen molar-refractivity contribution in [3.63, 3.8) is 0 Å². The molecule has 0 unspecified atom stereocenters. The van der Waals surface area contributed by atoms with Gasteiger partial charge in [0.25, 0.3) is 0 Å². The Morgan fingerprint density at radius 2 is 1.96 bits per heavy atom. The van der Waals surface area contributed by atoms with Crippen molar-refractivity contribution < 1.29 is 9.53 Å². The Balaban J connectivity index is 0.00000264. The van der Waals surface area contributed by atoms with Crippen LogP contribution in [-0.4, -0.2) is 29.1 Å². The van der Waals surface area contributed by atoms with E-state index in [1.807, 2.05) is 25.1 Å². The van der Waals surface area contributed by atoms with Crippen molar-refractivity contribution in [2.24, 2.45) is 0 Å². The third kappa shape index (κ3) is 6.71. The lowest BCUT2D eigenvalue weighted by Crippen LogP contribution is -2.14. The highest BCUT2D eigenvalue weighted by atomic mass is 35.5. The van der Waals surface area contributed by atoms with Gasteiger partial charge >= 0.3 is 5.97 Å². The predicted octanol–water partition coefficient (Wildman–Crippen LogP) is 3.58. The van der Waals surface area contributed by atoms with Gasteiger partial charge in [0.15, 0.2) is 0 Å². The van der Waals surface area contributed by atoms with Gasteiger partial charge in [-0.25, -0.2) is 4.98 Å². The Morgan fingerprint density at radius 1 is 1.26 bits per heavy atom. The number of benzene rings is 1. The number of aromatic nitrogens is 2. The van der Waals surface area contributed by atoms with E-state index in [0.717, 1.165) is 11.4 Å². The molecular weight excluding hydrogens is 339 g/mol. The van der Waals surface area contributed by atoms with Crippen LogP contribution in [0.15, 0.2) is 30.3 Å². The molecule has 0 bridgehead atoms. The number of aryl methyl sites for hydroxylation is 1. The number of carbonyl (C=O) groups is 1. The van der Waals surface area contributed by atoms with Gasteiger partial charge < -0.3 is 15.4 Å². The minimum absolute atomic E-state index is 0. The molecule has 8 heteroatoms. The normalized spacial score (nSPS) is 9.70. The SMILES string of the molecule is CC(=O)OCCNc1nc(C)cc(Nc2ccc(Cl)cc2)n1.Cl. The largest absolute Gasteiger partial charge is 0.464 e. The number of carbonyl (C=O) groups excluding carboxylic acids is 1. The van der Waals surface area contributed by atoms with E-state index < -0.39 is 0 Å². The molecule has 1 heterocycles. The zero-order valence-electron chi connectivity index (χ0n) is 12.8. The average molecular weight is 357 g/mol. The average Bonchev–Trinajstić information content (AvgIpc) is 2.45. The second-order valence-corrected chi connectivity index (χ2v) is 5.05. The van der Waals surface area contributed by atoms with Crippen LogP contribution in [0, 0.1) is 6.92 Å². The molecule has 0 saturated heterocycles. The van der Waals surface area contributed by atoms with Gasteiger partial charge in [-0.15, -0.1) is 12.4 Å². The van der Waals surface area contributed by atoms with Crippen LogP contribution in [0.5, 0.6) is 0 Å². The molecule has 23 heavy (non-hydrogen) atoms. The Morgan fingerprint density at radius 3 is 2.61 bits per heavy atom. The van der Waals surface area contributed by atoms with Crippen molar-refractivity contribution in [3.8, 4) is 0 Å². The van der Waals surface area contributed by atoms with Crippen LogP contribution in [0.25, 0.3) is 0 Å². The van der Waals surface area contributed by atoms with E-state index in [1.54, 1.807) is 12.1 Å². The van der Waals surface area contributed by atoms with Gasteiger partial charge in [-0.3, -0.25) is 4.79 Å². The van der Waals surface area contributed by atoms with E-state index in [0.29, 0.717) is 23.3 Å². The van der Waals surface area contributed by atoms with Gasteiger partial charge in [-0.2, -0.15) is 4.98 Å². The topological polar surface area (TPSA) is 76.1 Å². The zero-order valence-corrected chi connectivity index (χ0v) is 14.4. The van der Waals surface area contributed by atoms with E-state index in [-0.39, 0.29) is 25.0 Å². The number of esters is 1. The molecule has 0 radical (unpaired) electrons. The lowest BCUT2D eigenvalue weighted by atomic mass is 10.3. The summed E-state index contributed by atoms with van der Waals surface area (Å²) in [5.74, 6) is 0.838. The van der Waals surface area contributed by atoms with Crippen molar-refractivity contribution in [2.45, 2.75) is 13.8 Å². The first-order valence-electron chi connectivity index (χ1n) is 6.78. The summed E-state index contributed by atoms with van der Waals surface area (Å²) in [4.78, 5) is 19.3. The molecule has 0 saturated carbocycles. The third-order valence-electron chi connectivity index (χ3n) is 2.66. The highest BCUT2D eigenvalue weighted by molar-refractivity contribution is 6.30. The van der Waals surface area contributed by atoms with Gasteiger partial charge in [0.1, 0.15) is 12.4 Å². The summed E-state index contributed by atoms with van der Waals surface area (Å²) in [5, 5.41) is 6.88. The Kier molecular flexibility index (Phi) is 7.57. The van der Waals surface area contributed by atoms with E-state index in [9.17, 15) is 4.79 Å². The van der Waals surface area contributed by atoms with Crippen LogP contribution in [-0.2, 0) is 9.53 Å². The number of hydrogen-bond acceptors (Lipinski definition) is 6. The maximum atomic E-state index is 10.7. The fraction of sp³-hybridized carbons (Fsp3) is 0.267. The lowest BCUT2D eigenvalue weighted by molar-refractivity contribution is -0.140. The molecule has 0 spiro atoms. The van der Waals surface area contributed by atoms with E-state index in [1.165, 1.54) is 6.92 Å². The van der Waals surface area contributed by atoms with Gasteiger partial charge in [-0.05, 0) is 31.2 Å². The van der Waals surface area contributed by atoms with E-state index in [4.69, 9.17) is 16.3 Å². The highest BCUT2D eigenvalue weighted by Gasteiger charge is 2.03. The van der Waals surface area contributed by atoms with Crippen LogP contribution in [0.4, 0.5) is 17.5 Å². The van der Waals surface area contributed by atoms with Crippen LogP contribution in [0.1, 0.15) is 12.6 Å². The molecular formula is C15H18Cl2N4O2. The molecule has 124 valence electrons. The number of rotatable bonds is 6. The molecule has 0 aliphatic rings. The van der Waals surface area contributed by atoms with Crippen LogP contribution < -0.4 is 10.6 Å². The maximum Gasteiger partial charge on any atom is 0.302 e. The fourth-order valence-electron chi connectivity index (χ4n) is 1.75. The predicted molar refractivity (Wildman–Crippen MR) is 93.9 cm³/mol. The van der Waals surface area contributed by atoms with E-state index >= 15 is 0 Å². The van der Waals surface area contributed by atoms with Crippen molar-refractivity contribution in [1.29, 1.82) is 0 Å². The van der Waals surface area contributed by atoms with Crippen molar-refractivity contribution >= 4 is 47.4 Å². The molecule has 0 aliphatic carbocycles. The summed E-state index contributed by atoms with van der Waals surface area (Å²) in [6, 6.07) is 9.18. The number of hydrogen-bond donors (Lipinski definition) is 2. The molecule has 2 N–H and O–H groups in total. The van der Waals surface area contributed by atoms with E-state index in [2.05, 4.69) is 20.6 Å². The first-order chi connectivity index (χ1) is 10.5. The number of ether oxygens (including phenoxy) is 1. The number of halogens is 2. The first kappa shape index (κ1) is 19.0. The standard InChI is InChI=1S/C15H17ClN4O2.ClH/c1-10-9-14(19-13-5-3-12(16)4-6-13)20-15(18-10)17-7-8-22-11(2)21;/h3-6,9H,7-8H2,1-2H3,(H2,17,18,19,20);1H. The van der Waals surface area contributed by atoms with Gasteiger partial charge in [0.2, 0.25) is 5.95 Å². The Bertz CT molecular complexity index is 650. The summed E-state index contributed by atoms with van der Waals surface area (Å²) < 4.78 is 4.85. The summed E-state index contributed by atoms with van der Waals surface area (Å²) in [5.41, 5.74) is 1.70. The molecule has 0 fully saturated rings. The monoisotopic (exact) mass is 356 g/mol. The van der Waals surface area contributed by atoms with Gasteiger partial charge in [-0.1, -0.05) is 11.6 Å². The second kappa shape index (κ2) is 9.17. The molecule has 1 aromatic heterocycles. The Labute approximate surface area is 146 Å². The molecule has 1 aromatic carbocycles. The minimum atomic E-state index is -0.308. The quantitative estimate of drug-likeness (QED) is 0.608. The molecule has 0 aliphatic heterocycles. The lowest BCUT2D eigenvalue weighted by Gasteiger charge is -2.10. The molecule has 0 atom stereocenters. The van der Waals surface area contributed by atoms with Gasteiger partial charge in [0.05, 0.1) is 6.54 Å². The zero-order chi connectivity index (χ0) is 15.9. The third-order valence-corrected chi connectivity index (χ3v) is 2.91. The van der Waals surface area contributed by atoms with Crippen molar-refractivity contribution in [1.82, 2.24) is 9.97 Å². The fourth-order valence-corrected chi connectivity index (χ4v) is 1.88. The van der Waals surface area contributed by atoms with Gasteiger partial charge in [0, 0.05) is 29.4 Å². The summed E-state index contributed by atoms with van der Waals surface area (Å²) in [6.07, 6.45) is 0. The van der Waals surface area contributed by atoms with Crippen molar-refractivity contribution in [3.05, 3.63) is 41.0 Å². The molecule has 6 nitrogen and oxygen atoms in total. The van der Waals surface area contributed by atoms with Crippen LogP contribution in [0.2, 0.25) is 5.02 Å². The molecule has 0 amide bonds. The summed E-state index contributed by atoms with van der Waals surface area (Å²) in [7, 11) is 0. The maximum absolute atomic E-state index is 10.7. The number of anilines is 3. The highest BCUT2D eigenvalue weighted by Crippen LogP contribution is 2.18. The molecule has 2 rings (SSSR count). The second-order valence-electron chi connectivity index (χ2n) is 4.62. The summed E-state index contributed by atoms with van der Waals surface area (Å²) in [6.45, 7) is 3.97. The van der Waals surface area contributed by atoms with Crippen molar-refractivity contribution in [2.75, 3.05) is 23.8 Å². The number of nitrogens with zero attached hydrogens (tertiary/aromatic N) is 2. The minimum Gasteiger partial charge on any atom is -0.464 e. The smallest absolute Gasteiger partial charge is 0.302 e. The molecule has 2 aromatic rings. The van der Waals surface area contributed by atoms with Crippen LogP contribution >= 0.6 is 24.0 Å². The Hall–Kier alpha value is -2.05.